The fraction of sp³-hybridized carbons (Fsp3) is 0.429. The Hall–Kier alpha value is -0.920. The van der Waals surface area contributed by atoms with E-state index in [9.17, 15) is 0 Å². The third kappa shape index (κ3) is 2.80. The molecule has 0 aliphatic rings. The quantitative estimate of drug-likeness (QED) is 0.541. The van der Waals surface area contributed by atoms with Crippen LogP contribution in [0.1, 0.15) is 20.3 Å². The SMILES string of the molecule is CCC(=N)/C(C)=C\C=N. The van der Waals surface area contributed by atoms with Gasteiger partial charge in [0.25, 0.3) is 0 Å². The Labute approximate surface area is 55.6 Å². The van der Waals surface area contributed by atoms with Crippen LogP contribution in [0.25, 0.3) is 0 Å². The lowest BCUT2D eigenvalue weighted by atomic mass is 10.1. The zero-order valence-corrected chi connectivity index (χ0v) is 5.86. The van der Waals surface area contributed by atoms with Crippen molar-refractivity contribution in [2.45, 2.75) is 20.3 Å². The molecule has 2 nitrogen and oxygen atoms in total. The summed E-state index contributed by atoms with van der Waals surface area (Å²) >= 11 is 0. The lowest BCUT2D eigenvalue weighted by Crippen LogP contribution is -1.94. The highest BCUT2D eigenvalue weighted by Gasteiger charge is 1.92. The van der Waals surface area contributed by atoms with Crippen molar-refractivity contribution in [2.24, 2.45) is 0 Å². The summed E-state index contributed by atoms with van der Waals surface area (Å²) in [5, 5.41) is 14.0. The normalized spacial score (nSPS) is 11.1. The molecule has 0 saturated heterocycles. The van der Waals surface area contributed by atoms with Crippen LogP contribution < -0.4 is 0 Å². The molecule has 0 atom stereocenters. The summed E-state index contributed by atoms with van der Waals surface area (Å²) < 4.78 is 0. The molecule has 0 amide bonds. The summed E-state index contributed by atoms with van der Waals surface area (Å²) in [6.07, 6.45) is 3.58. The molecule has 50 valence electrons. The first-order valence-corrected chi connectivity index (χ1v) is 2.97. The van der Waals surface area contributed by atoms with Gasteiger partial charge in [0.1, 0.15) is 0 Å². The Balaban J connectivity index is 4.01. The first-order valence-electron chi connectivity index (χ1n) is 2.97. The Morgan fingerprint density at radius 2 is 2.11 bits per heavy atom. The molecule has 2 N–H and O–H groups in total. The molecular weight excluding hydrogens is 112 g/mol. The van der Waals surface area contributed by atoms with Gasteiger partial charge < -0.3 is 10.8 Å². The minimum Gasteiger partial charge on any atom is -0.309 e. The molecule has 2 heteroatoms. The largest absolute Gasteiger partial charge is 0.309 e. The molecule has 0 rings (SSSR count). The molecule has 0 saturated carbocycles. The van der Waals surface area contributed by atoms with Gasteiger partial charge in [-0.2, -0.15) is 0 Å². The monoisotopic (exact) mass is 124 g/mol. The fourth-order valence-corrected chi connectivity index (χ4v) is 0.504. The van der Waals surface area contributed by atoms with E-state index in [1.165, 1.54) is 6.21 Å². The van der Waals surface area contributed by atoms with Crippen molar-refractivity contribution in [3.05, 3.63) is 11.6 Å². The zero-order valence-electron chi connectivity index (χ0n) is 5.86. The second-order valence-corrected chi connectivity index (χ2v) is 1.85. The van der Waals surface area contributed by atoms with Crippen LogP contribution >= 0.6 is 0 Å². The van der Waals surface area contributed by atoms with Crippen molar-refractivity contribution in [2.75, 3.05) is 0 Å². The highest BCUT2D eigenvalue weighted by Crippen LogP contribution is 1.96. The number of rotatable bonds is 3. The molecule has 0 unspecified atom stereocenters. The van der Waals surface area contributed by atoms with E-state index in [0.29, 0.717) is 5.71 Å². The molecule has 0 radical (unpaired) electrons. The van der Waals surface area contributed by atoms with Gasteiger partial charge in [0.15, 0.2) is 0 Å². The van der Waals surface area contributed by atoms with Crippen molar-refractivity contribution in [3.63, 3.8) is 0 Å². The second-order valence-electron chi connectivity index (χ2n) is 1.85. The molecule has 0 bridgehead atoms. The summed E-state index contributed by atoms with van der Waals surface area (Å²) in [4.78, 5) is 0. The molecule has 0 aromatic heterocycles. The van der Waals surface area contributed by atoms with Crippen LogP contribution in [0.2, 0.25) is 0 Å². The van der Waals surface area contributed by atoms with Crippen LogP contribution in [0.3, 0.4) is 0 Å². The van der Waals surface area contributed by atoms with Crippen LogP contribution in [-0.4, -0.2) is 11.9 Å². The van der Waals surface area contributed by atoms with Crippen molar-refractivity contribution in [3.8, 4) is 0 Å². The molecule has 0 spiro atoms. The zero-order chi connectivity index (χ0) is 7.28. The van der Waals surface area contributed by atoms with E-state index in [1.54, 1.807) is 6.08 Å². The minimum atomic E-state index is 0.610. The molecule has 0 aliphatic carbocycles. The minimum absolute atomic E-state index is 0.610. The topological polar surface area (TPSA) is 47.7 Å². The Bertz CT molecular complexity index is 145. The lowest BCUT2D eigenvalue weighted by molar-refractivity contribution is 1.23. The van der Waals surface area contributed by atoms with E-state index in [2.05, 4.69) is 0 Å². The lowest BCUT2D eigenvalue weighted by Gasteiger charge is -1.95. The van der Waals surface area contributed by atoms with Crippen LogP contribution in [-0.2, 0) is 0 Å². The summed E-state index contributed by atoms with van der Waals surface area (Å²) in [5.74, 6) is 0. The number of hydrogen-bond donors (Lipinski definition) is 2. The highest BCUT2D eigenvalue weighted by atomic mass is 14.4. The molecule has 9 heavy (non-hydrogen) atoms. The molecule has 0 aliphatic heterocycles. The van der Waals surface area contributed by atoms with Crippen LogP contribution in [0.5, 0.6) is 0 Å². The predicted molar refractivity (Wildman–Crippen MR) is 40.6 cm³/mol. The van der Waals surface area contributed by atoms with E-state index >= 15 is 0 Å². The Morgan fingerprint density at radius 1 is 1.56 bits per heavy atom. The van der Waals surface area contributed by atoms with Gasteiger partial charge >= 0.3 is 0 Å². The maximum absolute atomic E-state index is 7.28. The first-order chi connectivity index (χ1) is 4.22. The van der Waals surface area contributed by atoms with E-state index in [-0.39, 0.29) is 0 Å². The predicted octanol–water partition coefficient (Wildman–Crippen LogP) is 2.01. The summed E-state index contributed by atoms with van der Waals surface area (Å²) in [6, 6.07) is 0. The van der Waals surface area contributed by atoms with E-state index in [4.69, 9.17) is 10.8 Å². The average molecular weight is 124 g/mol. The standard InChI is InChI=1S/C7H12N2/c1-3-7(9)6(2)4-5-8/h4-5,8-9H,3H2,1-2H3/b6-4-,8-5?,9-7?. The maximum atomic E-state index is 7.28. The van der Waals surface area contributed by atoms with Crippen molar-refractivity contribution < 1.29 is 0 Å². The Morgan fingerprint density at radius 3 is 2.44 bits per heavy atom. The van der Waals surface area contributed by atoms with Gasteiger partial charge in [-0.05, 0) is 25.0 Å². The number of allylic oxidation sites excluding steroid dienone is 2. The summed E-state index contributed by atoms with van der Waals surface area (Å²) in [7, 11) is 0. The van der Waals surface area contributed by atoms with Crippen LogP contribution in [0.4, 0.5) is 0 Å². The Kier molecular flexibility index (Phi) is 3.60. The summed E-state index contributed by atoms with van der Waals surface area (Å²) in [6.45, 7) is 3.78. The van der Waals surface area contributed by atoms with Gasteiger partial charge in [-0.3, -0.25) is 0 Å². The molecule has 0 fully saturated rings. The van der Waals surface area contributed by atoms with Gasteiger partial charge in [0.2, 0.25) is 0 Å². The molecular formula is C7H12N2. The molecule has 0 heterocycles. The maximum Gasteiger partial charge on any atom is 0.0340 e. The first kappa shape index (κ1) is 8.08. The van der Waals surface area contributed by atoms with E-state index in [1.807, 2.05) is 13.8 Å². The van der Waals surface area contributed by atoms with Gasteiger partial charge in [0.05, 0.1) is 0 Å². The third-order valence-corrected chi connectivity index (χ3v) is 1.16. The average Bonchev–Trinajstić information content (AvgIpc) is 1.87. The van der Waals surface area contributed by atoms with Crippen molar-refractivity contribution in [1.82, 2.24) is 0 Å². The van der Waals surface area contributed by atoms with Gasteiger partial charge in [-0.15, -0.1) is 0 Å². The van der Waals surface area contributed by atoms with Crippen molar-refractivity contribution >= 4 is 11.9 Å². The third-order valence-electron chi connectivity index (χ3n) is 1.16. The van der Waals surface area contributed by atoms with Gasteiger partial charge in [-0.1, -0.05) is 6.92 Å². The molecule has 0 aromatic carbocycles. The van der Waals surface area contributed by atoms with Gasteiger partial charge in [-0.25, -0.2) is 0 Å². The van der Waals surface area contributed by atoms with Crippen molar-refractivity contribution in [1.29, 1.82) is 10.8 Å². The number of hydrogen-bond acceptors (Lipinski definition) is 2. The van der Waals surface area contributed by atoms with Gasteiger partial charge in [0, 0.05) is 11.9 Å². The smallest absolute Gasteiger partial charge is 0.0340 e. The number of nitrogens with one attached hydrogen (secondary N) is 2. The van der Waals surface area contributed by atoms with E-state index in [0.717, 1.165) is 12.0 Å². The van der Waals surface area contributed by atoms with Crippen LogP contribution in [0.15, 0.2) is 11.6 Å². The second kappa shape index (κ2) is 4.01. The van der Waals surface area contributed by atoms with Crippen LogP contribution in [0, 0.1) is 10.8 Å². The molecule has 0 aromatic rings. The van der Waals surface area contributed by atoms with E-state index < -0.39 is 0 Å². The summed E-state index contributed by atoms with van der Waals surface area (Å²) in [5.41, 5.74) is 1.49. The highest BCUT2D eigenvalue weighted by molar-refractivity contribution is 5.99. The fourth-order valence-electron chi connectivity index (χ4n) is 0.504.